The maximum atomic E-state index is 5.01. The van der Waals surface area contributed by atoms with Crippen LogP contribution in [0.5, 0.6) is 0 Å². The van der Waals surface area contributed by atoms with Crippen LogP contribution in [-0.4, -0.2) is 32.2 Å². The van der Waals surface area contributed by atoms with Gasteiger partial charge in [0.2, 0.25) is 0 Å². The van der Waals surface area contributed by atoms with Crippen molar-refractivity contribution in [3.8, 4) is 0 Å². The first-order valence-electron chi connectivity index (χ1n) is 8.20. The number of hydrogen-bond acceptors (Lipinski definition) is 4. The molecule has 0 spiro atoms. The van der Waals surface area contributed by atoms with Gasteiger partial charge in [0.25, 0.3) is 0 Å². The highest BCUT2D eigenvalue weighted by Gasteiger charge is 2.30. The predicted molar refractivity (Wildman–Crippen MR) is 98.9 cm³/mol. The fraction of sp³-hybridized carbons (Fsp3) is 0.368. The Hall–Kier alpha value is -2.56. The Morgan fingerprint density at radius 2 is 1.83 bits per heavy atom. The first-order chi connectivity index (χ1) is 11.3. The first kappa shape index (κ1) is 16.3. The Balaban J connectivity index is 1.98. The van der Waals surface area contributed by atoms with E-state index in [-0.39, 0.29) is 11.8 Å². The molecule has 1 unspecified atom stereocenters. The molecular formula is C19H25N5. The molecule has 1 aromatic heterocycles. The van der Waals surface area contributed by atoms with Gasteiger partial charge in [-0.15, -0.1) is 0 Å². The van der Waals surface area contributed by atoms with Crippen LogP contribution in [0, 0.1) is 0 Å². The second kappa shape index (κ2) is 6.15. The van der Waals surface area contributed by atoms with Crippen LogP contribution in [0.4, 0.5) is 5.69 Å². The number of nitrogens with zero attached hydrogens (tertiary/aromatic N) is 4. The molecule has 0 aliphatic carbocycles. The van der Waals surface area contributed by atoms with Gasteiger partial charge >= 0.3 is 0 Å². The van der Waals surface area contributed by atoms with Crippen LogP contribution in [0.15, 0.2) is 59.5 Å². The maximum Gasteiger partial charge on any atom is 0.197 e. The highest BCUT2D eigenvalue weighted by Crippen LogP contribution is 2.27. The number of anilines is 1. The molecule has 126 valence electrons. The summed E-state index contributed by atoms with van der Waals surface area (Å²) in [6.07, 6.45) is 5.81. The summed E-state index contributed by atoms with van der Waals surface area (Å²) < 4.78 is 1.79. The fourth-order valence-electron chi connectivity index (χ4n) is 2.83. The van der Waals surface area contributed by atoms with Crippen molar-refractivity contribution >= 4 is 11.4 Å². The first-order valence-corrected chi connectivity index (χ1v) is 8.20. The third-order valence-electron chi connectivity index (χ3n) is 4.04. The normalized spacial score (nSPS) is 18.2. The Morgan fingerprint density at radius 3 is 2.42 bits per heavy atom. The molecule has 1 aromatic carbocycles. The number of nitrogens with one attached hydrogen (secondary N) is 1. The van der Waals surface area contributed by atoms with E-state index in [2.05, 4.69) is 61.3 Å². The summed E-state index contributed by atoms with van der Waals surface area (Å²) >= 11 is 0. The van der Waals surface area contributed by atoms with Crippen molar-refractivity contribution in [3.63, 3.8) is 0 Å². The molecule has 1 N–H and O–H groups in total. The van der Waals surface area contributed by atoms with E-state index in [9.17, 15) is 0 Å². The van der Waals surface area contributed by atoms with Gasteiger partial charge in [-0.1, -0.05) is 30.3 Å². The number of benzene rings is 1. The zero-order valence-corrected chi connectivity index (χ0v) is 15.0. The van der Waals surface area contributed by atoms with E-state index in [1.54, 1.807) is 4.68 Å². The highest BCUT2D eigenvalue weighted by atomic mass is 15.4. The van der Waals surface area contributed by atoms with Crippen molar-refractivity contribution in [2.45, 2.75) is 39.5 Å². The number of rotatable bonds is 3. The molecule has 0 radical (unpaired) electrons. The third-order valence-corrected chi connectivity index (χ3v) is 4.04. The second-order valence-corrected chi connectivity index (χ2v) is 7.15. The molecule has 1 atom stereocenters. The molecule has 1 aliphatic heterocycles. The van der Waals surface area contributed by atoms with Crippen molar-refractivity contribution in [2.75, 3.05) is 5.32 Å². The van der Waals surface area contributed by atoms with Crippen molar-refractivity contribution in [3.05, 3.63) is 60.1 Å². The molecule has 0 fully saturated rings. The van der Waals surface area contributed by atoms with Crippen molar-refractivity contribution in [2.24, 2.45) is 12.0 Å². The van der Waals surface area contributed by atoms with Gasteiger partial charge in [-0.25, -0.2) is 4.99 Å². The van der Waals surface area contributed by atoms with Crippen molar-refractivity contribution in [1.82, 2.24) is 14.7 Å². The molecule has 2 heterocycles. The van der Waals surface area contributed by atoms with Gasteiger partial charge in [-0.05, 0) is 33.3 Å². The second-order valence-electron chi connectivity index (χ2n) is 7.15. The summed E-state index contributed by atoms with van der Waals surface area (Å²) in [4.78, 5) is 7.26. The van der Waals surface area contributed by atoms with Crippen LogP contribution >= 0.6 is 0 Å². The molecule has 0 saturated heterocycles. The van der Waals surface area contributed by atoms with Crippen molar-refractivity contribution in [1.29, 1.82) is 0 Å². The molecular weight excluding hydrogens is 298 g/mol. The van der Waals surface area contributed by atoms with Crippen LogP contribution in [0.25, 0.3) is 0 Å². The summed E-state index contributed by atoms with van der Waals surface area (Å²) in [7, 11) is 1.91. The van der Waals surface area contributed by atoms with Crippen LogP contribution < -0.4 is 5.32 Å². The number of aromatic nitrogens is 2. The monoisotopic (exact) mass is 323 g/mol. The molecule has 5 nitrogen and oxygen atoms in total. The van der Waals surface area contributed by atoms with Gasteiger partial charge in [-0.2, -0.15) is 5.10 Å². The van der Waals surface area contributed by atoms with E-state index in [0.717, 1.165) is 17.0 Å². The largest absolute Gasteiger partial charge is 0.344 e. The molecule has 3 rings (SSSR count). The van der Waals surface area contributed by atoms with Crippen LogP contribution in [0.2, 0.25) is 0 Å². The van der Waals surface area contributed by atoms with Gasteiger partial charge in [0, 0.05) is 30.5 Å². The SMILES string of the molecule is CC1=CN(C(C)(C)C)C(Nc2cnn(C)c2)N=C1c1ccccc1. The van der Waals surface area contributed by atoms with E-state index in [0.29, 0.717) is 0 Å². The average Bonchev–Trinajstić information content (AvgIpc) is 2.93. The summed E-state index contributed by atoms with van der Waals surface area (Å²) in [5.41, 5.74) is 4.24. The Kier molecular flexibility index (Phi) is 4.18. The topological polar surface area (TPSA) is 45.5 Å². The Labute approximate surface area is 143 Å². The summed E-state index contributed by atoms with van der Waals surface area (Å²) in [5, 5.41) is 7.72. The number of allylic oxidation sites excluding steroid dienone is 1. The lowest BCUT2D eigenvalue weighted by Crippen LogP contribution is -2.49. The van der Waals surface area contributed by atoms with E-state index < -0.39 is 0 Å². The van der Waals surface area contributed by atoms with E-state index >= 15 is 0 Å². The maximum absolute atomic E-state index is 5.01. The predicted octanol–water partition coefficient (Wildman–Crippen LogP) is 3.62. The fourth-order valence-corrected chi connectivity index (χ4v) is 2.83. The lowest BCUT2D eigenvalue weighted by Gasteiger charge is -2.42. The molecule has 0 amide bonds. The number of aliphatic imine (C=N–C) groups is 1. The molecule has 2 aromatic rings. The summed E-state index contributed by atoms with van der Waals surface area (Å²) in [6.45, 7) is 8.69. The number of aryl methyl sites for hydroxylation is 1. The highest BCUT2D eigenvalue weighted by molar-refractivity contribution is 6.12. The third kappa shape index (κ3) is 3.35. The lowest BCUT2D eigenvalue weighted by atomic mass is 10.00. The van der Waals surface area contributed by atoms with Gasteiger partial charge in [0.1, 0.15) is 0 Å². The van der Waals surface area contributed by atoms with Crippen LogP contribution in [0.3, 0.4) is 0 Å². The zero-order chi connectivity index (χ0) is 17.3. The van der Waals surface area contributed by atoms with Crippen molar-refractivity contribution < 1.29 is 0 Å². The van der Waals surface area contributed by atoms with E-state index in [1.807, 2.05) is 37.6 Å². The molecule has 1 aliphatic rings. The van der Waals surface area contributed by atoms with E-state index in [4.69, 9.17) is 4.99 Å². The Morgan fingerprint density at radius 1 is 1.12 bits per heavy atom. The van der Waals surface area contributed by atoms with Crippen LogP contribution in [-0.2, 0) is 7.05 Å². The van der Waals surface area contributed by atoms with Gasteiger partial charge < -0.3 is 10.2 Å². The quantitative estimate of drug-likeness (QED) is 0.938. The minimum atomic E-state index is -0.173. The molecule has 5 heteroatoms. The standard InChI is InChI=1S/C19H25N5/c1-14-12-24(19(2,3)4)18(21-16-11-20-23(5)13-16)22-17(14)15-9-7-6-8-10-15/h6-13,18,21H,1-5H3. The van der Waals surface area contributed by atoms with Gasteiger partial charge in [0.15, 0.2) is 6.29 Å². The minimum Gasteiger partial charge on any atom is -0.344 e. The smallest absolute Gasteiger partial charge is 0.197 e. The average molecular weight is 323 g/mol. The molecule has 0 saturated carbocycles. The number of hydrogen-bond donors (Lipinski definition) is 1. The lowest BCUT2D eigenvalue weighted by molar-refractivity contribution is 0.161. The summed E-state index contributed by atoms with van der Waals surface area (Å²) in [6, 6.07) is 10.3. The van der Waals surface area contributed by atoms with Crippen LogP contribution in [0.1, 0.15) is 33.3 Å². The molecule has 0 bridgehead atoms. The van der Waals surface area contributed by atoms with E-state index in [1.165, 1.54) is 5.57 Å². The molecule has 24 heavy (non-hydrogen) atoms. The Bertz CT molecular complexity index is 765. The minimum absolute atomic E-state index is 0.0488. The zero-order valence-electron chi connectivity index (χ0n) is 15.0. The van der Waals surface area contributed by atoms with Gasteiger partial charge in [-0.3, -0.25) is 4.68 Å². The van der Waals surface area contributed by atoms with Gasteiger partial charge in [0.05, 0.1) is 17.6 Å². The summed E-state index contributed by atoms with van der Waals surface area (Å²) in [5.74, 6) is 0.